The predicted molar refractivity (Wildman–Crippen MR) is 96.9 cm³/mol. The van der Waals surface area contributed by atoms with Crippen molar-refractivity contribution in [3.63, 3.8) is 0 Å². The average Bonchev–Trinajstić information content (AvgIpc) is 3.32. The number of nitrogens with zero attached hydrogens (tertiary/aromatic N) is 2. The molecule has 2 heterocycles. The number of aromatic nitrogens is 1. The number of rotatable bonds is 4. The first-order chi connectivity index (χ1) is 12.2. The van der Waals surface area contributed by atoms with Gasteiger partial charge >= 0.3 is 0 Å². The first-order valence-corrected chi connectivity index (χ1v) is 9.51. The lowest BCUT2D eigenvalue weighted by Crippen LogP contribution is -2.35. The van der Waals surface area contributed by atoms with Crippen LogP contribution in [0, 0.1) is 5.92 Å². The number of fused-ring (bicyclic) bond motifs is 1. The number of anilines is 1. The Labute approximate surface area is 150 Å². The molecule has 25 heavy (non-hydrogen) atoms. The summed E-state index contributed by atoms with van der Waals surface area (Å²) >= 11 is 1.42. The second kappa shape index (κ2) is 6.63. The van der Waals surface area contributed by atoms with Crippen LogP contribution in [0.2, 0.25) is 0 Å². The van der Waals surface area contributed by atoms with E-state index in [1.807, 2.05) is 23.1 Å². The third kappa shape index (κ3) is 3.08. The topological polar surface area (TPSA) is 71.5 Å². The van der Waals surface area contributed by atoms with Crippen molar-refractivity contribution in [3.8, 4) is 5.75 Å². The van der Waals surface area contributed by atoms with E-state index in [4.69, 9.17) is 4.74 Å². The summed E-state index contributed by atoms with van der Waals surface area (Å²) in [5.41, 5.74) is 0.750. The minimum atomic E-state index is -0.290. The van der Waals surface area contributed by atoms with E-state index in [-0.39, 0.29) is 17.7 Å². The van der Waals surface area contributed by atoms with Crippen molar-refractivity contribution in [1.82, 2.24) is 9.88 Å². The number of carbonyl (C=O) groups is 2. The van der Waals surface area contributed by atoms with Crippen molar-refractivity contribution in [2.75, 3.05) is 19.0 Å². The van der Waals surface area contributed by atoms with Crippen LogP contribution in [0.4, 0.5) is 5.13 Å². The van der Waals surface area contributed by atoms with Gasteiger partial charge in [-0.25, -0.2) is 4.98 Å². The molecule has 1 aliphatic heterocycles. The Kier molecular flexibility index (Phi) is 4.33. The van der Waals surface area contributed by atoms with Crippen LogP contribution in [0.1, 0.15) is 32.1 Å². The molecule has 0 bridgehead atoms. The highest BCUT2D eigenvalue weighted by Crippen LogP contribution is 2.33. The maximum atomic E-state index is 12.6. The van der Waals surface area contributed by atoms with E-state index in [0.717, 1.165) is 23.1 Å². The molecule has 1 aliphatic carbocycles. The molecule has 0 radical (unpaired) electrons. The average molecular weight is 359 g/mol. The van der Waals surface area contributed by atoms with Crippen LogP contribution in [0.25, 0.3) is 10.2 Å². The van der Waals surface area contributed by atoms with E-state index in [2.05, 4.69) is 10.3 Å². The number of hydrogen-bond donors (Lipinski definition) is 1. The van der Waals surface area contributed by atoms with Gasteiger partial charge in [-0.2, -0.15) is 0 Å². The Morgan fingerprint density at radius 3 is 2.92 bits per heavy atom. The Morgan fingerprint density at radius 1 is 1.36 bits per heavy atom. The lowest BCUT2D eigenvalue weighted by Gasteiger charge is -2.23. The first-order valence-electron chi connectivity index (χ1n) is 8.69. The Balaban J connectivity index is 1.46. The van der Waals surface area contributed by atoms with Gasteiger partial charge in [-0.05, 0) is 25.0 Å². The minimum absolute atomic E-state index is 0.109. The molecule has 1 aromatic heterocycles. The molecule has 2 amide bonds. The van der Waals surface area contributed by atoms with Crippen molar-refractivity contribution in [2.24, 2.45) is 5.92 Å². The molecule has 1 atom stereocenters. The van der Waals surface area contributed by atoms with Crippen molar-refractivity contribution in [2.45, 2.75) is 38.1 Å². The number of likely N-dealkylation sites (tertiary alicyclic amines) is 1. The third-order valence-corrected chi connectivity index (χ3v) is 6.06. The first kappa shape index (κ1) is 16.3. The van der Waals surface area contributed by atoms with Crippen LogP contribution in [0.15, 0.2) is 18.2 Å². The zero-order chi connectivity index (χ0) is 17.4. The second-order valence-corrected chi connectivity index (χ2v) is 7.73. The summed E-state index contributed by atoms with van der Waals surface area (Å²) in [6, 6.07) is 6.03. The number of benzene rings is 1. The summed E-state index contributed by atoms with van der Waals surface area (Å²) in [4.78, 5) is 31.3. The van der Waals surface area contributed by atoms with Crippen LogP contribution >= 0.6 is 11.3 Å². The van der Waals surface area contributed by atoms with Gasteiger partial charge < -0.3 is 15.0 Å². The molecule has 6 nitrogen and oxygen atoms in total. The molecule has 2 fully saturated rings. The van der Waals surface area contributed by atoms with Gasteiger partial charge in [-0.15, -0.1) is 0 Å². The summed E-state index contributed by atoms with van der Waals surface area (Å²) in [6.07, 6.45) is 4.80. The summed E-state index contributed by atoms with van der Waals surface area (Å²) in [5, 5.41) is 3.44. The van der Waals surface area contributed by atoms with Crippen LogP contribution in [0.3, 0.4) is 0 Å². The number of para-hydroxylation sites is 1. The van der Waals surface area contributed by atoms with E-state index in [0.29, 0.717) is 29.9 Å². The Bertz CT molecular complexity index is 813. The van der Waals surface area contributed by atoms with Gasteiger partial charge in [0.2, 0.25) is 11.8 Å². The second-order valence-electron chi connectivity index (χ2n) is 6.70. The highest BCUT2D eigenvalue weighted by Gasteiger charge is 2.38. The fraction of sp³-hybridized carbons (Fsp3) is 0.500. The zero-order valence-corrected chi connectivity index (χ0v) is 15.0. The van der Waals surface area contributed by atoms with Gasteiger partial charge in [-0.3, -0.25) is 9.59 Å². The van der Waals surface area contributed by atoms with Crippen molar-refractivity contribution in [3.05, 3.63) is 18.2 Å². The highest BCUT2D eigenvalue weighted by atomic mass is 32.1. The SMILES string of the molecule is COc1cccc2sc(NC(=O)[C@@H]3CC(=O)N(C4CCCC4)C3)nc12. The van der Waals surface area contributed by atoms with Gasteiger partial charge in [0.25, 0.3) is 0 Å². The summed E-state index contributed by atoms with van der Waals surface area (Å²) < 4.78 is 6.27. The third-order valence-electron chi connectivity index (χ3n) is 5.13. The van der Waals surface area contributed by atoms with Gasteiger partial charge in [0.15, 0.2) is 5.13 Å². The zero-order valence-electron chi connectivity index (χ0n) is 14.2. The van der Waals surface area contributed by atoms with E-state index in [9.17, 15) is 9.59 Å². The molecule has 0 spiro atoms. The van der Waals surface area contributed by atoms with Gasteiger partial charge in [0.1, 0.15) is 11.3 Å². The van der Waals surface area contributed by atoms with Crippen molar-refractivity contribution < 1.29 is 14.3 Å². The van der Waals surface area contributed by atoms with Crippen LogP contribution in [-0.4, -0.2) is 41.4 Å². The molecule has 2 aliphatic rings. The highest BCUT2D eigenvalue weighted by molar-refractivity contribution is 7.22. The number of ether oxygens (including phenoxy) is 1. The standard InChI is InChI=1S/C18H21N3O3S/c1-24-13-7-4-8-14-16(13)19-18(25-14)20-17(23)11-9-15(22)21(10-11)12-5-2-3-6-12/h4,7-8,11-12H,2-3,5-6,9-10H2,1H3,(H,19,20,23)/t11-/m1/s1. The fourth-order valence-corrected chi connectivity index (χ4v) is 4.71. The molecule has 132 valence electrons. The van der Waals surface area contributed by atoms with E-state index >= 15 is 0 Å². The largest absolute Gasteiger partial charge is 0.494 e. The molecule has 1 aromatic carbocycles. The number of methoxy groups -OCH3 is 1. The van der Waals surface area contributed by atoms with Crippen LogP contribution in [0.5, 0.6) is 5.75 Å². The van der Waals surface area contributed by atoms with Crippen LogP contribution in [-0.2, 0) is 9.59 Å². The smallest absolute Gasteiger partial charge is 0.231 e. The predicted octanol–water partition coefficient (Wildman–Crippen LogP) is 3.03. The molecular weight excluding hydrogens is 338 g/mol. The van der Waals surface area contributed by atoms with E-state index in [1.54, 1.807) is 7.11 Å². The summed E-state index contributed by atoms with van der Waals surface area (Å²) in [6.45, 7) is 0.531. The normalized spacial score (nSPS) is 21.2. The molecule has 1 saturated heterocycles. The Hall–Kier alpha value is -2.15. The van der Waals surface area contributed by atoms with E-state index < -0.39 is 0 Å². The summed E-state index contributed by atoms with van der Waals surface area (Å²) in [5.74, 6) is 0.393. The molecule has 2 aromatic rings. The molecular formula is C18H21N3O3S. The lowest BCUT2D eigenvalue weighted by atomic mass is 10.1. The van der Waals surface area contributed by atoms with Gasteiger partial charge in [-0.1, -0.05) is 30.2 Å². The van der Waals surface area contributed by atoms with Crippen molar-refractivity contribution >= 4 is 38.5 Å². The molecule has 4 rings (SSSR count). The van der Waals surface area contributed by atoms with Crippen LogP contribution < -0.4 is 10.1 Å². The minimum Gasteiger partial charge on any atom is -0.494 e. The molecule has 1 N–H and O–H groups in total. The molecule has 7 heteroatoms. The molecule has 1 saturated carbocycles. The molecule has 0 unspecified atom stereocenters. The monoisotopic (exact) mass is 359 g/mol. The maximum absolute atomic E-state index is 12.6. The number of carbonyl (C=O) groups excluding carboxylic acids is 2. The summed E-state index contributed by atoms with van der Waals surface area (Å²) in [7, 11) is 1.61. The van der Waals surface area contributed by atoms with Gasteiger partial charge in [0.05, 0.1) is 17.7 Å². The lowest BCUT2D eigenvalue weighted by molar-refractivity contribution is -0.129. The van der Waals surface area contributed by atoms with E-state index in [1.165, 1.54) is 24.2 Å². The fourth-order valence-electron chi connectivity index (χ4n) is 3.82. The van der Waals surface area contributed by atoms with Gasteiger partial charge in [0, 0.05) is 19.0 Å². The number of thiazole rings is 1. The number of amides is 2. The maximum Gasteiger partial charge on any atom is 0.231 e. The number of nitrogens with one attached hydrogen (secondary N) is 1. The Morgan fingerprint density at radius 2 is 2.16 bits per heavy atom. The quantitative estimate of drug-likeness (QED) is 0.911. The van der Waals surface area contributed by atoms with Crippen molar-refractivity contribution in [1.29, 1.82) is 0 Å². The number of hydrogen-bond acceptors (Lipinski definition) is 5.